The van der Waals surface area contributed by atoms with Gasteiger partial charge in [0.2, 0.25) is 0 Å². The average molecular weight is 127 g/mol. The Morgan fingerprint density at radius 3 is 2.38 bits per heavy atom. The van der Waals surface area contributed by atoms with Gasteiger partial charge in [-0.25, -0.2) is 0 Å². The Bertz CT molecular complexity index is 205. The van der Waals surface area contributed by atoms with E-state index in [1.807, 2.05) is 0 Å². The molecule has 1 fully saturated rings. The molecule has 0 spiro atoms. The van der Waals surface area contributed by atoms with Gasteiger partial charge in [-0.05, 0) is 0 Å². The number of hydrogen-bond acceptors (Lipinski definition) is 1. The standard InChI is InChI=1S/C6H10NP/c1-3-4-5-6-7-8(5,6)2/h3-4,7-8H,1-2H3/b4-3-. The van der Waals surface area contributed by atoms with E-state index in [9.17, 15) is 0 Å². The molecular formula is C6H10NP. The molecule has 1 nitrogen and oxygen atoms in total. The molecular weight excluding hydrogens is 117 g/mol. The van der Waals surface area contributed by atoms with Crippen LogP contribution in [0.5, 0.6) is 0 Å². The van der Waals surface area contributed by atoms with Crippen LogP contribution < -0.4 is 5.09 Å². The summed E-state index contributed by atoms with van der Waals surface area (Å²) < 4.78 is 0. The zero-order valence-electron chi connectivity index (χ0n) is 5.15. The topological polar surface area (TPSA) is 21.9 Å². The molecule has 0 aromatic carbocycles. The van der Waals surface area contributed by atoms with Crippen LogP contribution in [0.15, 0.2) is 22.9 Å². The van der Waals surface area contributed by atoms with Crippen molar-refractivity contribution < 1.29 is 0 Å². The maximum atomic E-state index is 3.37. The zero-order valence-corrected chi connectivity index (χ0v) is 6.15. The average Bonchev–Trinajstić information content (AvgIpc) is 2.49. The van der Waals surface area contributed by atoms with Crippen molar-refractivity contribution in [3.8, 4) is 0 Å². The second-order valence-electron chi connectivity index (χ2n) is 2.54. The summed E-state index contributed by atoms with van der Waals surface area (Å²) in [5, 5.41) is 5.01. The summed E-state index contributed by atoms with van der Waals surface area (Å²) in [7, 11) is -0.848. The summed E-state index contributed by atoms with van der Waals surface area (Å²) >= 11 is 0. The third-order valence-corrected chi connectivity index (χ3v) is 5.03. The van der Waals surface area contributed by atoms with E-state index in [2.05, 4.69) is 30.8 Å². The Morgan fingerprint density at radius 2 is 2.25 bits per heavy atom. The fraction of sp³-hybridized carbons (Fsp3) is 0.333. The molecule has 0 unspecified atom stereocenters. The number of rotatable bonds is 1. The molecule has 2 heteroatoms. The van der Waals surface area contributed by atoms with Crippen LogP contribution in [-0.4, -0.2) is 6.66 Å². The van der Waals surface area contributed by atoms with E-state index in [0.29, 0.717) is 0 Å². The van der Waals surface area contributed by atoms with Crippen LogP contribution in [0.25, 0.3) is 0 Å². The fourth-order valence-corrected chi connectivity index (χ4v) is 4.20. The van der Waals surface area contributed by atoms with Gasteiger partial charge in [0.25, 0.3) is 0 Å². The Morgan fingerprint density at radius 1 is 1.62 bits per heavy atom. The van der Waals surface area contributed by atoms with Crippen molar-refractivity contribution in [2.24, 2.45) is 0 Å². The van der Waals surface area contributed by atoms with Crippen LogP contribution in [0.2, 0.25) is 0 Å². The molecule has 0 aliphatic carbocycles. The third-order valence-electron chi connectivity index (χ3n) is 1.89. The molecule has 44 valence electrons. The molecule has 0 aromatic rings. The first kappa shape index (κ1) is 4.58. The summed E-state index contributed by atoms with van der Waals surface area (Å²) in [6, 6.07) is 0. The summed E-state index contributed by atoms with van der Waals surface area (Å²) in [5.41, 5.74) is 1.59. The van der Waals surface area contributed by atoms with E-state index in [0.717, 1.165) is 0 Å². The number of allylic oxidation sites excluding steroid dienone is 3. The second-order valence-corrected chi connectivity index (χ2v) is 6.08. The van der Waals surface area contributed by atoms with Crippen molar-refractivity contribution in [3.63, 3.8) is 0 Å². The monoisotopic (exact) mass is 127 g/mol. The fourth-order valence-electron chi connectivity index (χ4n) is 1.11. The molecule has 0 aromatic heterocycles. The van der Waals surface area contributed by atoms with Crippen LogP contribution in [0.4, 0.5) is 0 Å². The van der Waals surface area contributed by atoms with Gasteiger partial charge < -0.3 is 0 Å². The summed E-state index contributed by atoms with van der Waals surface area (Å²) in [6.07, 6.45) is 4.35. The third kappa shape index (κ3) is 0.326. The van der Waals surface area contributed by atoms with Gasteiger partial charge >= 0.3 is 49.0 Å². The van der Waals surface area contributed by atoms with Crippen molar-refractivity contribution >= 4 is 7.41 Å². The van der Waals surface area contributed by atoms with E-state index in [-0.39, 0.29) is 0 Å². The van der Waals surface area contributed by atoms with Crippen molar-refractivity contribution in [2.75, 3.05) is 6.66 Å². The summed E-state index contributed by atoms with van der Waals surface area (Å²) in [5.74, 6) is 0. The SMILES string of the molecule is C/C=C\C1=C2N[PH]12C. The first-order chi connectivity index (χ1) is 3.79. The van der Waals surface area contributed by atoms with Crippen LogP contribution in [0, 0.1) is 0 Å². The van der Waals surface area contributed by atoms with Crippen molar-refractivity contribution in [1.82, 2.24) is 5.09 Å². The molecule has 0 amide bonds. The molecule has 1 saturated heterocycles. The Labute approximate surface area is 49.9 Å². The van der Waals surface area contributed by atoms with E-state index < -0.39 is 7.41 Å². The van der Waals surface area contributed by atoms with Gasteiger partial charge in [-0.2, -0.15) is 0 Å². The molecule has 2 aliphatic heterocycles. The molecule has 8 heavy (non-hydrogen) atoms. The van der Waals surface area contributed by atoms with Gasteiger partial charge in [0.1, 0.15) is 0 Å². The van der Waals surface area contributed by atoms with Crippen LogP contribution in [0.3, 0.4) is 0 Å². The van der Waals surface area contributed by atoms with Gasteiger partial charge in [0.15, 0.2) is 0 Å². The molecule has 0 atom stereocenters. The molecule has 2 heterocycles. The Balaban J connectivity index is 2.17. The summed E-state index contributed by atoms with van der Waals surface area (Å²) in [6.45, 7) is 4.42. The number of hydrogen-bond donors (Lipinski definition) is 1. The van der Waals surface area contributed by atoms with Crippen molar-refractivity contribution in [1.29, 1.82) is 0 Å². The van der Waals surface area contributed by atoms with Gasteiger partial charge in [0, 0.05) is 0 Å². The van der Waals surface area contributed by atoms with E-state index in [1.165, 1.54) is 0 Å². The predicted molar refractivity (Wildman–Crippen MR) is 39.2 cm³/mol. The zero-order chi connectivity index (χ0) is 5.78. The van der Waals surface area contributed by atoms with Gasteiger partial charge in [-0.3, -0.25) is 0 Å². The Kier molecular flexibility index (Phi) is 0.578. The van der Waals surface area contributed by atoms with E-state index in [1.54, 1.807) is 10.8 Å². The van der Waals surface area contributed by atoms with Crippen molar-refractivity contribution in [3.05, 3.63) is 22.9 Å². The molecule has 0 radical (unpaired) electrons. The van der Waals surface area contributed by atoms with Crippen LogP contribution in [-0.2, 0) is 0 Å². The summed E-state index contributed by atoms with van der Waals surface area (Å²) in [4.78, 5) is 0. The van der Waals surface area contributed by atoms with Crippen molar-refractivity contribution in [2.45, 2.75) is 6.92 Å². The first-order valence-corrected chi connectivity index (χ1v) is 5.45. The normalized spacial score (nSPS) is 31.8. The quantitative estimate of drug-likeness (QED) is 0.419. The number of nitrogens with one attached hydrogen (secondary N) is 1. The molecule has 1 N–H and O–H groups in total. The van der Waals surface area contributed by atoms with Gasteiger partial charge in [0.05, 0.1) is 0 Å². The predicted octanol–water partition coefficient (Wildman–Crippen LogP) is 1.64. The minimum absolute atomic E-state index is 0.848. The van der Waals surface area contributed by atoms with Crippen LogP contribution >= 0.6 is 7.41 Å². The van der Waals surface area contributed by atoms with E-state index in [4.69, 9.17) is 0 Å². The number of fused-ring (bicyclic) bond motifs is 1. The first-order valence-electron chi connectivity index (χ1n) is 2.95. The second kappa shape index (κ2) is 1.01. The van der Waals surface area contributed by atoms with Crippen LogP contribution in [0.1, 0.15) is 6.92 Å². The molecule has 0 saturated carbocycles. The Hall–Kier alpha value is -0.290. The van der Waals surface area contributed by atoms with Gasteiger partial charge in [-0.1, -0.05) is 0 Å². The molecule has 2 aliphatic rings. The van der Waals surface area contributed by atoms with E-state index >= 15 is 0 Å². The molecule has 0 bridgehead atoms. The van der Waals surface area contributed by atoms with Gasteiger partial charge in [-0.15, -0.1) is 0 Å². The minimum atomic E-state index is -0.848. The molecule has 2 rings (SSSR count). The maximum absolute atomic E-state index is 3.37.